The van der Waals surface area contributed by atoms with Gasteiger partial charge in [-0.15, -0.1) is 0 Å². The number of nitrogens with one attached hydrogen (secondary N) is 1. The Bertz CT molecular complexity index is 540. The number of nitrogens with zero attached hydrogens (tertiary/aromatic N) is 2. The van der Waals surface area contributed by atoms with Crippen LogP contribution in [0.2, 0.25) is 0 Å². The van der Waals surface area contributed by atoms with Crippen LogP contribution >= 0.6 is 15.9 Å². The van der Waals surface area contributed by atoms with E-state index in [1.165, 1.54) is 16.8 Å². The van der Waals surface area contributed by atoms with Gasteiger partial charge in [0.15, 0.2) is 0 Å². The molecule has 0 aliphatic rings. The van der Waals surface area contributed by atoms with E-state index in [9.17, 15) is 0 Å². The van der Waals surface area contributed by atoms with Crippen molar-refractivity contribution in [2.45, 2.75) is 20.0 Å². The van der Waals surface area contributed by atoms with Crippen molar-refractivity contribution in [1.29, 1.82) is 0 Å². The van der Waals surface area contributed by atoms with E-state index in [2.05, 4.69) is 75.4 Å². The van der Waals surface area contributed by atoms with E-state index in [0.29, 0.717) is 0 Å². The molecule has 2 rings (SSSR count). The molecule has 0 saturated carbocycles. The molecule has 0 aliphatic carbocycles. The summed E-state index contributed by atoms with van der Waals surface area (Å²) >= 11 is 3.46. The van der Waals surface area contributed by atoms with Gasteiger partial charge in [0.1, 0.15) is 0 Å². The van der Waals surface area contributed by atoms with Crippen LogP contribution in [0.5, 0.6) is 0 Å². The highest BCUT2D eigenvalue weighted by atomic mass is 79.9. The molecule has 0 unspecified atom stereocenters. The highest BCUT2D eigenvalue weighted by Gasteiger charge is 2.07. The summed E-state index contributed by atoms with van der Waals surface area (Å²) in [5.74, 6) is 0. The van der Waals surface area contributed by atoms with Crippen LogP contribution < -0.4 is 10.2 Å². The molecule has 0 bridgehead atoms. The molecule has 4 heteroatoms. The first-order valence-corrected chi connectivity index (χ1v) is 7.59. The smallest absolute Gasteiger partial charge is 0.0598 e. The van der Waals surface area contributed by atoms with Crippen molar-refractivity contribution in [3.63, 3.8) is 0 Å². The van der Waals surface area contributed by atoms with Crippen LogP contribution in [-0.4, -0.2) is 18.6 Å². The molecule has 106 valence electrons. The van der Waals surface area contributed by atoms with Crippen LogP contribution in [0, 0.1) is 0 Å². The fourth-order valence-electron chi connectivity index (χ4n) is 2.12. The first kappa shape index (κ1) is 15.0. The van der Waals surface area contributed by atoms with Gasteiger partial charge in [0.2, 0.25) is 0 Å². The van der Waals surface area contributed by atoms with Crippen LogP contribution in [0.3, 0.4) is 0 Å². The number of halogens is 1. The Labute approximate surface area is 129 Å². The van der Waals surface area contributed by atoms with Gasteiger partial charge in [0.05, 0.1) is 11.9 Å². The molecule has 1 aromatic heterocycles. The Hall–Kier alpha value is -1.39. The normalized spacial score (nSPS) is 10.6. The second-order valence-corrected chi connectivity index (χ2v) is 5.68. The quantitative estimate of drug-likeness (QED) is 0.875. The molecular formula is C16H20BrN3. The first-order chi connectivity index (χ1) is 9.70. The second-order valence-electron chi connectivity index (χ2n) is 4.77. The standard InChI is InChI=1S/C16H20BrN3/c1-3-18-10-14-8-9-19-11-16(14)20(2)12-13-4-6-15(17)7-5-13/h4-9,11,18H,3,10,12H2,1-2H3. The van der Waals surface area contributed by atoms with Gasteiger partial charge in [-0.25, -0.2) is 0 Å². The Morgan fingerprint density at radius 3 is 2.65 bits per heavy atom. The maximum absolute atomic E-state index is 4.25. The third kappa shape index (κ3) is 4.05. The van der Waals surface area contributed by atoms with E-state index in [-0.39, 0.29) is 0 Å². The second kappa shape index (κ2) is 7.41. The maximum atomic E-state index is 4.25. The molecule has 1 N–H and O–H groups in total. The van der Waals surface area contributed by atoms with Crippen molar-refractivity contribution in [3.8, 4) is 0 Å². The summed E-state index contributed by atoms with van der Waals surface area (Å²) < 4.78 is 1.11. The zero-order valence-electron chi connectivity index (χ0n) is 11.9. The van der Waals surface area contributed by atoms with E-state index >= 15 is 0 Å². The number of rotatable bonds is 6. The lowest BCUT2D eigenvalue weighted by Crippen LogP contribution is -2.20. The number of anilines is 1. The van der Waals surface area contributed by atoms with Crippen molar-refractivity contribution in [2.75, 3.05) is 18.5 Å². The van der Waals surface area contributed by atoms with Gasteiger partial charge in [-0.05, 0) is 35.9 Å². The molecule has 0 radical (unpaired) electrons. The predicted molar refractivity (Wildman–Crippen MR) is 87.9 cm³/mol. The molecule has 0 fully saturated rings. The van der Waals surface area contributed by atoms with E-state index in [4.69, 9.17) is 0 Å². The van der Waals surface area contributed by atoms with Gasteiger partial charge in [0, 0.05) is 30.8 Å². The lowest BCUT2D eigenvalue weighted by Gasteiger charge is -2.22. The van der Waals surface area contributed by atoms with E-state index in [1.807, 2.05) is 12.4 Å². The van der Waals surface area contributed by atoms with Crippen molar-refractivity contribution < 1.29 is 0 Å². The van der Waals surface area contributed by atoms with Crippen LogP contribution in [0.1, 0.15) is 18.1 Å². The summed E-state index contributed by atoms with van der Waals surface area (Å²) in [4.78, 5) is 6.49. The minimum atomic E-state index is 0.873. The molecule has 1 aromatic carbocycles. The van der Waals surface area contributed by atoms with Crippen molar-refractivity contribution >= 4 is 21.6 Å². The summed E-state index contributed by atoms with van der Waals surface area (Å²) in [7, 11) is 2.11. The number of hydrogen-bond acceptors (Lipinski definition) is 3. The highest BCUT2D eigenvalue weighted by Crippen LogP contribution is 2.20. The van der Waals surface area contributed by atoms with Gasteiger partial charge >= 0.3 is 0 Å². The third-order valence-corrected chi connectivity index (χ3v) is 3.73. The van der Waals surface area contributed by atoms with E-state index in [0.717, 1.165) is 24.1 Å². The number of hydrogen-bond donors (Lipinski definition) is 1. The molecule has 2 aromatic rings. The van der Waals surface area contributed by atoms with Gasteiger partial charge < -0.3 is 10.2 Å². The zero-order valence-corrected chi connectivity index (χ0v) is 13.5. The Balaban J connectivity index is 2.12. The lowest BCUT2D eigenvalue weighted by atomic mass is 10.1. The molecular weight excluding hydrogens is 314 g/mol. The third-order valence-electron chi connectivity index (χ3n) is 3.20. The topological polar surface area (TPSA) is 28.2 Å². The number of aromatic nitrogens is 1. The molecule has 0 amide bonds. The zero-order chi connectivity index (χ0) is 14.4. The van der Waals surface area contributed by atoms with Gasteiger partial charge in [0.25, 0.3) is 0 Å². The minimum absolute atomic E-state index is 0.873. The van der Waals surface area contributed by atoms with Crippen LogP contribution in [0.25, 0.3) is 0 Å². The predicted octanol–water partition coefficient (Wildman–Crippen LogP) is 3.59. The largest absolute Gasteiger partial charge is 0.369 e. The van der Waals surface area contributed by atoms with Gasteiger partial charge in [-0.3, -0.25) is 4.98 Å². The summed E-state index contributed by atoms with van der Waals surface area (Å²) in [6, 6.07) is 10.5. The SMILES string of the molecule is CCNCc1ccncc1N(C)Cc1ccc(Br)cc1. The summed E-state index contributed by atoms with van der Waals surface area (Å²) in [6.07, 6.45) is 3.79. The van der Waals surface area contributed by atoms with Crippen LogP contribution in [0.4, 0.5) is 5.69 Å². The Morgan fingerprint density at radius 1 is 1.20 bits per heavy atom. The van der Waals surface area contributed by atoms with Gasteiger partial charge in [-0.2, -0.15) is 0 Å². The average molecular weight is 334 g/mol. The lowest BCUT2D eigenvalue weighted by molar-refractivity contribution is 0.722. The van der Waals surface area contributed by atoms with Crippen molar-refractivity contribution in [3.05, 3.63) is 58.3 Å². The summed E-state index contributed by atoms with van der Waals surface area (Å²) in [5.41, 5.74) is 3.74. The van der Waals surface area contributed by atoms with E-state index < -0.39 is 0 Å². The molecule has 0 saturated heterocycles. The summed E-state index contributed by atoms with van der Waals surface area (Å²) in [6.45, 7) is 4.84. The van der Waals surface area contributed by atoms with Gasteiger partial charge in [-0.1, -0.05) is 35.0 Å². The fraction of sp³-hybridized carbons (Fsp3) is 0.312. The van der Waals surface area contributed by atoms with Crippen molar-refractivity contribution in [1.82, 2.24) is 10.3 Å². The monoisotopic (exact) mass is 333 g/mol. The Morgan fingerprint density at radius 2 is 1.95 bits per heavy atom. The van der Waals surface area contributed by atoms with Crippen molar-refractivity contribution in [2.24, 2.45) is 0 Å². The highest BCUT2D eigenvalue weighted by molar-refractivity contribution is 9.10. The minimum Gasteiger partial charge on any atom is -0.369 e. The number of pyridine rings is 1. The van der Waals surface area contributed by atoms with E-state index in [1.54, 1.807) is 0 Å². The molecule has 20 heavy (non-hydrogen) atoms. The molecule has 0 aliphatic heterocycles. The summed E-state index contributed by atoms with van der Waals surface area (Å²) in [5, 5.41) is 3.37. The number of benzene rings is 1. The average Bonchev–Trinajstić information content (AvgIpc) is 2.47. The van der Waals surface area contributed by atoms with Crippen LogP contribution in [-0.2, 0) is 13.1 Å². The fourth-order valence-corrected chi connectivity index (χ4v) is 2.38. The molecule has 3 nitrogen and oxygen atoms in total. The first-order valence-electron chi connectivity index (χ1n) is 6.80. The molecule has 0 spiro atoms. The molecule has 1 heterocycles. The molecule has 0 atom stereocenters. The maximum Gasteiger partial charge on any atom is 0.0598 e. The van der Waals surface area contributed by atoms with Crippen LogP contribution in [0.15, 0.2) is 47.2 Å². The Kier molecular flexibility index (Phi) is 5.56.